The Morgan fingerprint density at radius 3 is 2.36 bits per heavy atom. The van der Waals surface area contributed by atoms with Crippen LogP contribution in [-0.2, 0) is 14.6 Å². The smallest absolute Gasteiger partial charge is 0.242 e. The van der Waals surface area contributed by atoms with Crippen molar-refractivity contribution in [2.45, 2.75) is 4.90 Å². The Hall–Kier alpha value is -2.27. The van der Waals surface area contributed by atoms with Gasteiger partial charge in [-0.05, 0) is 36.4 Å². The zero-order valence-electron chi connectivity index (χ0n) is 12.7. The van der Waals surface area contributed by atoms with Crippen molar-refractivity contribution in [2.75, 3.05) is 10.7 Å². The molecule has 0 spiro atoms. The first-order chi connectivity index (χ1) is 11.9. The molecule has 0 saturated carbocycles. The molecule has 1 fully saturated rings. The highest BCUT2D eigenvalue weighted by Crippen LogP contribution is 2.38. The van der Waals surface area contributed by atoms with E-state index in [1.807, 2.05) is 0 Å². The van der Waals surface area contributed by atoms with Crippen LogP contribution in [0.5, 0.6) is 0 Å². The van der Waals surface area contributed by atoms with E-state index in [0.29, 0.717) is 10.7 Å². The lowest BCUT2D eigenvalue weighted by Crippen LogP contribution is -2.25. The summed E-state index contributed by atoms with van der Waals surface area (Å²) in [5, 5.41) is 10.0. The van der Waals surface area contributed by atoms with Crippen molar-refractivity contribution in [1.82, 2.24) is 0 Å². The predicted molar refractivity (Wildman–Crippen MR) is 97.7 cm³/mol. The third kappa shape index (κ3) is 3.29. The average molecular weight is 391 g/mol. The fourth-order valence-corrected chi connectivity index (χ4v) is 5.04. The SMILES string of the molecule is N#C/C(=C1\SCC(=O)N1c1ccccc1)S(=O)(=O)c1ccc(Cl)cc1. The molecule has 1 saturated heterocycles. The van der Waals surface area contributed by atoms with Crippen molar-refractivity contribution < 1.29 is 13.2 Å². The van der Waals surface area contributed by atoms with Crippen molar-refractivity contribution in [1.29, 1.82) is 5.26 Å². The van der Waals surface area contributed by atoms with Crippen LogP contribution in [0.25, 0.3) is 0 Å². The fraction of sp³-hybridized carbons (Fsp3) is 0.0588. The van der Waals surface area contributed by atoms with E-state index in [1.54, 1.807) is 36.4 Å². The molecule has 1 heterocycles. The molecule has 3 rings (SSSR count). The molecule has 1 amide bonds. The molecule has 5 nitrogen and oxygen atoms in total. The van der Waals surface area contributed by atoms with Crippen LogP contribution in [-0.4, -0.2) is 20.1 Å². The number of nitriles is 1. The minimum Gasteiger partial charge on any atom is -0.273 e. The summed E-state index contributed by atoms with van der Waals surface area (Å²) in [4.78, 5) is 13.0. The van der Waals surface area contributed by atoms with Crippen LogP contribution in [0.1, 0.15) is 0 Å². The summed E-state index contributed by atoms with van der Waals surface area (Å²) in [6.07, 6.45) is 0. The van der Waals surface area contributed by atoms with Gasteiger partial charge in [-0.25, -0.2) is 8.42 Å². The molecule has 1 aliphatic rings. The summed E-state index contributed by atoms with van der Waals surface area (Å²) < 4.78 is 25.7. The topological polar surface area (TPSA) is 78.2 Å². The van der Waals surface area contributed by atoms with E-state index in [2.05, 4.69) is 0 Å². The van der Waals surface area contributed by atoms with Gasteiger partial charge < -0.3 is 0 Å². The second-order valence-electron chi connectivity index (χ2n) is 5.06. The van der Waals surface area contributed by atoms with Crippen molar-refractivity contribution in [3.8, 4) is 6.07 Å². The van der Waals surface area contributed by atoms with Crippen molar-refractivity contribution >= 4 is 44.8 Å². The van der Waals surface area contributed by atoms with Crippen molar-refractivity contribution in [2.24, 2.45) is 0 Å². The Balaban J connectivity index is 2.16. The van der Waals surface area contributed by atoms with Crippen LogP contribution in [0.2, 0.25) is 5.02 Å². The van der Waals surface area contributed by atoms with E-state index in [-0.39, 0.29) is 21.6 Å². The maximum atomic E-state index is 12.9. The molecular formula is C17H11ClN2O3S2. The number of benzene rings is 2. The summed E-state index contributed by atoms with van der Waals surface area (Å²) in [6, 6.07) is 16.0. The maximum absolute atomic E-state index is 12.9. The van der Waals surface area contributed by atoms with E-state index < -0.39 is 14.7 Å². The lowest BCUT2D eigenvalue weighted by atomic mass is 10.3. The summed E-state index contributed by atoms with van der Waals surface area (Å²) in [5.41, 5.74) is 0.520. The number of para-hydroxylation sites is 1. The van der Waals surface area contributed by atoms with Gasteiger partial charge in [-0.15, -0.1) is 0 Å². The first-order valence-electron chi connectivity index (χ1n) is 7.11. The first kappa shape index (κ1) is 17.5. The minimum absolute atomic E-state index is 0.0473. The van der Waals surface area contributed by atoms with Gasteiger partial charge in [0.2, 0.25) is 15.7 Å². The third-order valence-electron chi connectivity index (χ3n) is 3.49. The normalized spacial score (nSPS) is 16.6. The van der Waals surface area contributed by atoms with Crippen LogP contribution in [0.4, 0.5) is 5.69 Å². The van der Waals surface area contributed by atoms with Gasteiger partial charge >= 0.3 is 0 Å². The van der Waals surface area contributed by atoms with Crippen LogP contribution in [0, 0.1) is 11.3 Å². The minimum atomic E-state index is -4.07. The first-order valence-corrected chi connectivity index (χ1v) is 9.95. The number of amides is 1. The second-order valence-corrected chi connectivity index (χ2v) is 8.34. The van der Waals surface area contributed by atoms with Crippen molar-refractivity contribution in [3.63, 3.8) is 0 Å². The van der Waals surface area contributed by atoms with E-state index in [4.69, 9.17) is 11.6 Å². The zero-order valence-corrected chi connectivity index (χ0v) is 15.1. The molecule has 25 heavy (non-hydrogen) atoms. The Bertz CT molecular complexity index is 994. The Labute approximate surface area is 154 Å². The summed E-state index contributed by atoms with van der Waals surface area (Å²) in [7, 11) is -4.07. The molecule has 0 N–H and O–H groups in total. The van der Waals surface area contributed by atoms with Crippen LogP contribution in [0.15, 0.2) is 69.4 Å². The van der Waals surface area contributed by atoms with Gasteiger partial charge in [0.15, 0.2) is 4.91 Å². The van der Waals surface area contributed by atoms with Gasteiger partial charge in [-0.2, -0.15) is 5.26 Å². The Kier molecular flexibility index (Phi) is 4.86. The summed E-state index contributed by atoms with van der Waals surface area (Å²) in [6.45, 7) is 0. The fourth-order valence-electron chi connectivity index (χ4n) is 2.33. The number of rotatable bonds is 3. The predicted octanol–water partition coefficient (Wildman–Crippen LogP) is 3.59. The average Bonchev–Trinajstić information content (AvgIpc) is 2.98. The summed E-state index contributed by atoms with van der Waals surface area (Å²) >= 11 is 6.83. The maximum Gasteiger partial charge on any atom is 0.242 e. The van der Waals surface area contributed by atoms with Gasteiger partial charge in [0.25, 0.3) is 0 Å². The molecule has 0 aliphatic carbocycles. The number of carbonyl (C=O) groups excluding carboxylic acids is 1. The quantitative estimate of drug-likeness (QED) is 0.748. The van der Waals surface area contributed by atoms with Crippen LogP contribution in [0.3, 0.4) is 0 Å². The third-order valence-corrected chi connectivity index (χ3v) is 6.64. The molecule has 8 heteroatoms. The molecule has 2 aromatic rings. The lowest BCUT2D eigenvalue weighted by Gasteiger charge is -2.18. The molecule has 0 aromatic heterocycles. The molecule has 0 radical (unpaired) electrons. The van der Waals surface area contributed by atoms with Gasteiger partial charge in [-0.1, -0.05) is 41.6 Å². The Morgan fingerprint density at radius 2 is 1.76 bits per heavy atom. The molecule has 0 bridgehead atoms. The number of carbonyl (C=O) groups is 1. The molecule has 2 aromatic carbocycles. The number of thioether (sulfide) groups is 1. The molecule has 126 valence electrons. The number of allylic oxidation sites excluding steroid dienone is 1. The number of hydrogen-bond acceptors (Lipinski definition) is 5. The highest BCUT2D eigenvalue weighted by molar-refractivity contribution is 8.05. The molecule has 0 atom stereocenters. The number of hydrogen-bond donors (Lipinski definition) is 0. The van der Waals surface area contributed by atoms with Gasteiger partial charge in [0.1, 0.15) is 11.1 Å². The van der Waals surface area contributed by atoms with Gasteiger partial charge in [0.05, 0.1) is 10.6 Å². The highest BCUT2D eigenvalue weighted by Gasteiger charge is 2.36. The van der Waals surface area contributed by atoms with Gasteiger partial charge in [-0.3, -0.25) is 9.69 Å². The van der Waals surface area contributed by atoms with Crippen LogP contribution >= 0.6 is 23.4 Å². The molecular weight excluding hydrogens is 380 g/mol. The zero-order chi connectivity index (χ0) is 18.0. The standard InChI is InChI=1S/C17H11ClN2O3S2/c18-12-6-8-14(9-7-12)25(22,23)15(10-19)17-20(16(21)11-24-17)13-4-2-1-3-5-13/h1-9H,11H2/b17-15+. The van der Waals surface area contributed by atoms with Crippen LogP contribution < -0.4 is 4.90 Å². The lowest BCUT2D eigenvalue weighted by molar-refractivity contribution is -0.115. The van der Waals surface area contributed by atoms with Crippen molar-refractivity contribution in [3.05, 3.63) is 69.6 Å². The molecule has 1 aliphatic heterocycles. The number of halogens is 1. The number of anilines is 1. The second kappa shape index (κ2) is 6.92. The van der Waals surface area contributed by atoms with E-state index in [1.165, 1.54) is 29.2 Å². The number of nitrogens with zero attached hydrogens (tertiary/aromatic N) is 2. The molecule has 0 unspecified atom stereocenters. The monoisotopic (exact) mass is 390 g/mol. The Morgan fingerprint density at radius 1 is 1.12 bits per heavy atom. The van der Waals surface area contributed by atoms with E-state index in [0.717, 1.165) is 11.8 Å². The largest absolute Gasteiger partial charge is 0.273 e. The van der Waals surface area contributed by atoms with E-state index in [9.17, 15) is 18.5 Å². The highest BCUT2D eigenvalue weighted by atomic mass is 35.5. The number of sulfone groups is 1. The van der Waals surface area contributed by atoms with Gasteiger partial charge in [0, 0.05) is 10.7 Å². The van der Waals surface area contributed by atoms with E-state index >= 15 is 0 Å². The summed E-state index contributed by atoms with van der Waals surface area (Å²) in [5.74, 6) is -0.198.